The van der Waals surface area contributed by atoms with Crippen molar-refractivity contribution in [1.29, 1.82) is 0 Å². The summed E-state index contributed by atoms with van der Waals surface area (Å²) in [7, 11) is 4.01. The molecule has 40 valence electrons. The fourth-order valence-corrected chi connectivity index (χ4v) is 0.258. The standard InChI is InChI=1S/C4H12N2.H2/c1-6(2)4-3-5;/h3-5H2,1-2H3;1H. The van der Waals surface area contributed by atoms with Crippen molar-refractivity contribution in [1.82, 2.24) is 4.90 Å². The largest absolute Gasteiger partial charge is 0.329 e. The fraction of sp³-hybridized carbons (Fsp3) is 1.00. The lowest BCUT2D eigenvalue weighted by atomic mass is 10.6. The molecule has 0 aliphatic heterocycles. The van der Waals surface area contributed by atoms with Gasteiger partial charge in [-0.25, -0.2) is 0 Å². The number of nitrogens with two attached hydrogens (primary N) is 1. The summed E-state index contributed by atoms with van der Waals surface area (Å²) in [6, 6.07) is 0. The molecule has 6 heavy (non-hydrogen) atoms. The fourth-order valence-electron chi connectivity index (χ4n) is 0.258. The molecule has 2 N–H and O–H groups in total. The Labute approximate surface area is 40.4 Å². The minimum Gasteiger partial charge on any atom is -0.329 e. The first-order valence-corrected chi connectivity index (χ1v) is 2.12. The molecule has 0 bridgehead atoms. The Hall–Kier alpha value is -0.0800. The first kappa shape index (κ1) is 5.92. The minimum absolute atomic E-state index is 0. The minimum atomic E-state index is 0. The second kappa shape index (κ2) is 3.12. The summed E-state index contributed by atoms with van der Waals surface area (Å²) in [5.41, 5.74) is 5.19. The van der Waals surface area contributed by atoms with Gasteiger partial charge in [0.15, 0.2) is 0 Å². The molecule has 0 unspecified atom stereocenters. The Bertz CT molecular complexity index is 30.9. The van der Waals surface area contributed by atoms with Crippen LogP contribution in [-0.4, -0.2) is 32.1 Å². The van der Waals surface area contributed by atoms with Gasteiger partial charge in [-0.2, -0.15) is 0 Å². The van der Waals surface area contributed by atoms with Crippen LogP contribution in [0.5, 0.6) is 0 Å². The zero-order chi connectivity index (χ0) is 4.99. The smallest absolute Gasteiger partial charge is 0.00985 e. The predicted molar refractivity (Wildman–Crippen MR) is 29.7 cm³/mol. The number of hydrogen-bond donors (Lipinski definition) is 1. The molecule has 0 fully saturated rings. The highest BCUT2D eigenvalue weighted by Crippen LogP contribution is 1.64. The number of likely N-dealkylation sites (N-methyl/N-ethyl adjacent to an activating group) is 1. The molecule has 0 aromatic rings. The van der Waals surface area contributed by atoms with Crippen LogP contribution in [0.4, 0.5) is 0 Å². The maximum Gasteiger partial charge on any atom is 0.00985 e. The molecule has 0 saturated carbocycles. The van der Waals surface area contributed by atoms with Gasteiger partial charge in [0.25, 0.3) is 0 Å². The van der Waals surface area contributed by atoms with Gasteiger partial charge in [0.05, 0.1) is 0 Å². The van der Waals surface area contributed by atoms with Crippen molar-refractivity contribution in [2.24, 2.45) is 5.73 Å². The molecule has 2 nitrogen and oxygen atoms in total. The van der Waals surface area contributed by atoms with E-state index in [1.54, 1.807) is 0 Å². The van der Waals surface area contributed by atoms with E-state index in [9.17, 15) is 0 Å². The van der Waals surface area contributed by atoms with E-state index in [2.05, 4.69) is 4.90 Å². The molecule has 0 heterocycles. The van der Waals surface area contributed by atoms with E-state index in [0.29, 0.717) is 0 Å². The average Bonchev–Trinajstić information content (AvgIpc) is 1.35. The molecule has 0 aromatic heterocycles. The van der Waals surface area contributed by atoms with Crippen LogP contribution in [0.15, 0.2) is 0 Å². The summed E-state index contributed by atoms with van der Waals surface area (Å²) in [6.07, 6.45) is 0. The quantitative estimate of drug-likeness (QED) is 0.506. The van der Waals surface area contributed by atoms with Gasteiger partial charge in [-0.05, 0) is 14.1 Å². The summed E-state index contributed by atoms with van der Waals surface area (Å²) in [5.74, 6) is 0. The third-order valence-electron chi connectivity index (χ3n) is 0.576. The Morgan fingerprint density at radius 1 is 1.67 bits per heavy atom. The van der Waals surface area contributed by atoms with Gasteiger partial charge >= 0.3 is 0 Å². The van der Waals surface area contributed by atoms with E-state index < -0.39 is 0 Å². The van der Waals surface area contributed by atoms with Crippen LogP contribution in [0.25, 0.3) is 0 Å². The van der Waals surface area contributed by atoms with Crippen LogP contribution >= 0.6 is 0 Å². The van der Waals surface area contributed by atoms with E-state index in [4.69, 9.17) is 5.73 Å². The summed E-state index contributed by atoms with van der Waals surface area (Å²) in [5, 5.41) is 0. The van der Waals surface area contributed by atoms with Crippen molar-refractivity contribution in [3.05, 3.63) is 0 Å². The molecule has 0 aromatic carbocycles. The van der Waals surface area contributed by atoms with Gasteiger partial charge in [0.2, 0.25) is 0 Å². The van der Waals surface area contributed by atoms with Crippen molar-refractivity contribution in [2.75, 3.05) is 27.2 Å². The third-order valence-corrected chi connectivity index (χ3v) is 0.576. The Balaban J connectivity index is 0. The highest BCUT2D eigenvalue weighted by atomic mass is 15.1. The average molecular weight is 90.2 g/mol. The van der Waals surface area contributed by atoms with E-state index in [1.165, 1.54) is 0 Å². The van der Waals surface area contributed by atoms with Crippen LogP contribution in [0, 0.1) is 0 Å². The molecule has 0 aliphatic carbocycles. The normalized spacial score (nSPS) is 10.0. The Morgan fingerprint density at radius 3 is 2.17 bits per heavy atom. The van der Waals surface area contributed by atoms with E-state index in [-0.39, 0.29) is 1.43 Å². The first-order valence-electron chi connectivity index (χ1n) is 2.12. The molecular weight excluding hydrogens is 76.1 g/mol. The van der Waals surface area contributed by atoms with Crippen molar-refractivity contribution in [3.63, 3.8) is 0 Å². The maximum absolute atomic E-state index is 5.19. The Kier molecular flexibility index (Phi) is 3.08. The SMILES string of the molecule is CN(C)CCN.[HH]. The second-order valence-electron chi connectivity index (χ2n) is 1.59. The van der Waals surface area contributed by atoms with E-state index in [0.717, 1.165) is 13.1 Å². The molecule has 0 radical (unpaired) electrons. The molecule has 2 heteroatoms. The van der Waals surface area contributed by atoms with Crippen LogP contribution < -0.4 is 5.73 Å². The summed E-state index contributed by atoms with van der Waals surface area (Å²) in [6.45, 7) is 1.74. The van der Waals surface area contributed by atoms with E-state index in [1.807, 2.05) is 14.1 Å². The van der Waals surface area contributed by atoms with Crippen molar-refractivity contribution < 1.29 is 1.43 Å². The molecule has 0 saturated heterocycles. The highest BCUT2D eigenvalue weighted by molar-refractivity contribution is 4.38. The lowest BCUT2D eigenvalue weighted by molar-refractivity contribution is 0.420. The maximum atomic E-state index is 5.19. The zero-order valence-electron chi connectivity index (χ0n) is 4.44. The van der Waals surface area contributed by atoms with Crippen molar-refractivity contribution in [2.45, 2.75) is 0 Å². The van der Waals surface area contributed by atoms with E-state index >= 15 is 0 Å². The predicted octanol–water partition coefficient (Wildman–Crippen LogP) is -0.247. The van der Waals surface area contributed by atoms with Crippen molar-refractivity contribution in [3.8, 4) is 0 Å². The van der Waals surface area contributed by atoms with Gasteiger partial charge < -0.3 is 10.6 Å². The first-order chi connectivity index (χ1) is 2.77. The summed E-state index contributed by atoms with van der Waals surface area (Å²) < 4.78 is 0. The number of rotatable bonds is 2. The molecule has 0 atom stereocenters. The molecule has 0 rings (SSSR count). The van der Waals surface area contributed by atoms with Crippen LogP contribution in [-0.2, 0) is 0 Å². The lowest BCUT2D eigenvalue weighted by Crippen LogP contribution is -2.20. The van der Waals surface area contributed by atoms with Gasteiger partial charge in [0, 0.05) is 14.5 Å². The van der Waals surface area contributed by atoms with Crippen molar-refractivity contribution >= 4 is 0 Å². The van der Waals surface area contributed by atoms with Crippen LogP contribution in [0.1, 0.15) is 1.43 Å². The molecular formula is C4H14N2. The van der Waals surface area contributed by atoms with Gasteiger partial charge in [-0.1, -0.05) is 0 Å². The topological polar surface area (TPSA) is 29.3 Å². The molecule has 0 aliphatic rings. The van der Waals surface area contributed by atoms with Gasteiger partial charge in [-0.15, -0.1) is 0 Å². The second-order valence-corrected chi connectivity index (χ2v) is 1.59. The zero-order valence-corrected chi connectivity index (χ0v) is 4.44. The Morgan fingerprint density at radius 2 is 2.17 bits per heavy atom. The number of hydrogen-bond acceptors (Lipinski definition) is 2. The lowest BCUT2D eigenvalue weighted by Gasteiger charge is -2.03. The molecule has 0 spiro atoms. The highest BCUT2D eigenvalue weighted by Gasteiger charge is 1.79. The summed E-state index contributed by atoms with van der Waals surface area (Å²) >= 11 is 0. The van der Waals surface area contributed by atoms with Gasteiger partial charge in [0.1, 0.15) is 0 Å². The molecule has 0 amide bonds. The third kappa shape index (κ3) is 3.92. The van der Waals surface area contributed by atoms with Gasteiger partial charge in [-0.3, -0.25) is 0 Å². The summed E-state index contributed by atoms with van der Waals surface area (Å²) in [4.78, 5) is 2.06. The monoisotopic (exact) mass is 90.1 g/mol. The number of nitrogens with zero attached hydrogens (tertiary/aromatic N) is 1. The van der Waals surface area contributed by atoms with Crippen LogP contribution in [0.3, 0.4) is 0 Å². The van der Waals surface area contributed by atoms with Crippen LogP contribution in [0.2, 0.25) is 0 Å².